The van der Waals surface area contributed by atoms with E-state index < -0.39 is 11.7 Å². The second kappa shape index (κ2) is 11.8. The standard InChI is InChI=1S/C34H39N5O2/c1-24-21-25(2)35-31(22-24)38-17-8-16-37(19-20-38)28-14-12-27(13-15-28)36-34(41)33(40)32-30(26-9-4-3-5-10-26)23-29-11-6-7-18-39(29)32/h6-7,11-15,18,21-23,26H,3-5,8-10,16-17,19-20H2,1-2H3,(H,36,41). The lowest BCUT2D eigenvalue weighted by Gasteiger charge is -2.25. The van der Waals surface area contributed by atoms with Crippen molar-refractivity contribution in [1.29, 1.82) is 0 Å². The molecule has 0 spiro atoms. The summed E-state index contributed by atoms with van der Waals surface area (Å²) >= 11 is 0. The summed E-state index contributed by atoms with van der Waals surface area (Å²) in [5.74, 6) is 0.304. The first-order valence-electron chi connectivity index (χ1n) is 15.0. The Kier molecular flexibility index (Phi) is 7.77. The monoisotopic (exact) mass is 549 g/mol. The molecule has 0 unspecified atom stereocenters. The number of aromatic nitrogens is 2. The zero-order chi connectivity index (χ0) is 28.3. The molecule has 41 heavy (non-hydrogen) atoms. The van der Waals surface area contributed by atoms with E-state index in [9.17, 15) is 9.59 Å². The lowest BCUT2D eigenvalue weighted by Crippen LogP contribution is -2.31. The smallest absolute Gasteiger partial charge is 0.298 e. The fraction of sp³-hybridized carbons (Fsp3) is 0.382. The maximum Gasteiger partial charge on any atom is 0.298 e. The number of carbonyl (C=O) groups excluding carboxylic acids is 2. The Balaban J connectivity index is 1.14. The van der Waals surface area contributed by atoms with E-state index in [2.05, 4.69) is 40.2 Å². The molecule has 1 saturated heterocycles. The van der Waals surface area contributed by atoms with Crippen molar-refractivity contribution in [2.45, 2.75) is 58.3 Å². The normalized spacial score (nSPS) is 16.5. The molecule has 0 bridgehead atoms. The van der Waals surface area contributed by atoms with Crippen LogP contribution in [-0.4, -0.2) is 47.3 Å². The zero-order valence-electron chi connectivity index (χ0n) is 24.1. The van der Waals surface area contributed by atoms with E-state index in [1.54, 1.807) is 0 Å². The predicted molar refractivity (Wildman–Crippen MR) is 165 cm³/mol. The highest BCUT2D eigenvalue weighted by Gasteiger charge is 2.29. The molecule has 1 N–H and O–H groups in total. The molecule has 212 valence electrons. The maximum atomic E-state index is 13.6. The Labute approximate surface area is 242 Å². The fourth-order valence-corrected chi connectivity index (χ4v) is 6.55. The number of nitrogens with zero attached hydrogens (tertiary/aromatic N) is 4. The van der Waals surface area contributed by atoms with Crippen LogP contribution >= 0.6 is 0 Å². The number of anilines is 3. The highest BCUT2D eigenvalue weighted by molar-refractivity contribution is 6.46. The highest BCUT2D eigenvalue weighted by Crippen LogP contribution is 2.36. The van der Waals surface area contributed by atoms with E-state index in [0.29, 0.717) is 17.3 Å². The second-order valence-corrected chi connectivity index (χ2v) is 11.6. The molecule has 7 heteroatoms. The van der Waals surface area contributed by atoms with Crippen LogP contribution in [0.4, 0.5) is 17.2 Å². The molecule has 1 aromatic carbocycles. The Hall–Kier alpha value is -4.13. The molecule has 1 aliphatic carbocycles. The van der Waals surface area contributed by atoms with E-state index in [1.807, 2.05) is 60.0 Å². The third-order valence-electron chi connectivity index (χ3n) is 8.57. The van der Waals surface area contributed by atoms with Crippen molar-refractivity contribution in [3.63, 3.8) is 0 Å². The molecule has 3 aromatic heterocycles. The first kappa shape index (κ1) is 27.1. The number of benzene rings is 1. The number of Topliss-reactive ketones (excluding diaryl/α,β-unsaturated/α-hetero) is 1. The first-order chi connectivity index (χ1) is 20.0. The van der Waals surface area contributed by atoms with Gasteiger partial charge in [0.05, 0.1) is 0 Å². The minimum atomic E-state index is -0.593. The van der Waals surface area contributed by atoms with Crippen molar-refractivity contribution in [3.05, 3.63) is 89.4 Å². The van der Waals surface area contributed by atoms with Gasteiger partial charge in [0.15, 0.2) is 0 Å². The molecule has 7 nitrogen and oxygen atoms in total. The molecule has 1 saturated carbocycles. The third-order valence-corrected chi connectivity index (χ3v) is 8.57. The summed E-state index contributed by atoms with van der Waals surface area (Å²) in [5, 5.41) is 2.87. The van der Waals surface area contributed by atoms with Crippen LogP contribution in [0.3, 0.4) is 0 Å². The average Bonchev–Trinajstić information content (AvgIpc) is 3.19. The number of rotatable bonds is 6. The van der Waals surface area contributed by atoms with Crippen LogP contribution in [0.1, 0.15) is 71.8 Å². The molecular formula is C34H39N5O2. The van der Waals surface area contributed by atoms with Crippen molar-refractivity contribution in [2.75, 3.05) is 41.3 Å². The summed E-state index contributed by atoms with van der Waals surface area (Å²) in [6, 6.07) is 20.1. The largest absolute Gasteiger partial charge is 0.370 e. The van der Waals surface area contributed by atoms with Crippen molar-refractivity contribution < 1.29 is 9.59 Å². The number of ketones is 1. The molecule has 1 amide bonds. The van der Waals surface area contributed by atoms with Gasteiger partial charge in [-0.1, -0.05) is 25.3 Å². The van der Waals surface area contributed by atoms with Crippen molar-refractivity contribution >= 4 is 34.4 Å². The van der Waals surface area contributed by atoms with E-state index in [-0.39, 0.29) is 0 Å². The van der Waals surface area contributed by atoms with Crippen molar-refractivity contribution in [2.24, 2.45) is 0 Å². The quantitative estimate of drug-likeness (QED) is 0.219. The number of amides is 1. The van der Waals surface area contributed by atoms with E-state index in [0.717, 1.165) is 73.7 Å². The lowest BCUT2D eigenvalue weighted by atomic mass is 9.83. The molecular weight excluding hydrogens is 510 g/mol. The summed E-state index contributed by atoms with van der Waals surface area (Å²) in [6.07, 6.45) is 8.63. The van der Waals surface area contributed by atoms with Crippen LogP contribution in [0.2, 0.25) is 0 Å². The molecule has 6 rings (SSSR count). The number of hydrogen-bond donors (Lipinski definition) is 1. The Morgan fingerprint density at radius 3 is 2.37 bits per heavy atom. The van der Waals surface area contributed by atoms with E-state index in [1.165, 1.54) is 24.8 Å². The Morgan fingerprint density at radius 1 is 0.829 bits per heavy atom. The van der Waals surface area contributed by atoms with Crippen LogP contribution < -0.4 is 15.1 Å². The van der Waals surface area contributed by atoms with Gasteiger partial charge >= 0.3 is 0 Å². The average molecular weight is 550 g/mol. The van der Waals surface area contributed by atoms with Crippen LogP contribution in [0.5, 0.6) is 0 Å². The molecule has 2 fully saturated rings. The summed E-state index contributed by atoms with van der Waals surface area (Å²) in [6.45, 7) is 7.89. The van der Waals surface area contributed by atoms with Gasteiger partial charge in [0.1, 0.15) is 11.5 Å². The molecule has 2 aliphatic rings. The number of pyridine rings is 2. The van der Waals surface area contributed by atoms with Crippen LogP contribution in [0, 0.1) is 13.8 Å². The van der Waals surface area contributed by atoms with Gasteiger partial charge in [-0.05, 0) is 105 Å². The van der Waals surface area contributed by atoms with Gasteiger partial charge in [-0.2, -0.15) is 0 Å². The number of aryl methyl sites for hydroxylation is 2. The highest BCUT2D eigenvalue weighted by atomic mass is 16.2. The Bertz CT molecular complexity index is 1530. The van der Waals surface area contributed by atoms with Crippen molar-refractivity contribution in [3.8, 4) is 0 Å². The van der Waals surface area contributed by atoms with Gasteiger partial charge in [0.2, 0.25) is 0 Å². The van der Waals surface area contributed by atoms with Crippen LogP contribution in [0.25, 0.3) is 5.52 Å². The van der Waals surface area contributed by atoms with Crippen LogP contribution in [-0.2, 0) is 4.79 Å². The van der Waals surface area contributed by atoms with Gasteiger partial charge in [0, 0.05) is 55.0 Å². The summed E-state index contributed by atoms with van der Waals surface area (Å²) < 4.78 is 1.88. The minimum Gasteiger partial charge on any atom is -0.370 e. The molecule has 4 aromatic rings. The third kappa shape index (κ3) is 5.85. The van der Waals surface area contributed by atoms with Gasteiger partial charge in [0.25, 0.3) is 11.7 Å². The van der Waals surface area contributed by atoms with Gasteiger partial charge < -0.3 is 19.5 Å². The maximum absolute atomic E-state index is 13.6. The van der Waals surface area contributed by atoms with Gasteiger partial charge in [-0.3, -0.25) is 9.59 Å². The van der Waals surface area contributed by atoms with Gasteiger partial charge in [-0.15, -0.1) is 0 Å². The van der Waals surface area contributed by atoms with Crippen LogP contribution in [0.15, 0.2) is 66.9 Å². The summed E-state index contributed by atoms with van der Waals surface area (Å²) in [7, 11) is 0. The van der Waals surface area contributed by atoms with Crippen molar-refractivity contribution in [1.82, 2.24) is 9.38 Å². The number of carbonyl (C=O) groups is 2. The number of fused-ring (bicyclic) bond motifs is 1. The predicted octanol–water partition coefficient (Wildman–Crippen LogP) is 6.54. The fourth-order valence-electron chi connectivity index (χ4n) is 6.55. The Morgan fingerprint density at radius 2 is 1.59 bits per heavy atom. The SMILES string of the molecule is Cc1cc(C)nc(N2CCCN(c3ccc(NC(=O)C(=O)c4c(C5CCCCC5)cc5ccccn45)cc3)CC2)c1. The number of hydrogen-bond acceptors (Lipinski definition) is 5. The molecule has 4 heterocycles. The second-order valence-electron chi connectivity index (χ2n) is 11.6. The number of nitrogens with one attached hydrogen (secondary N) is 1. The molecule has 0 atom stereocenters. The molecule has 0 radical (unpaired) electrons. The van der Waals surface area contributed by atoms with Gasteiger partial charge in [-0.25, -0.2) is 4.98 Å². The van der Waals surface area contributed by atoms with E-state index in [4.69, 9.17) is 4.98 Å². The minimum absolute atomic E-state index is 0.324. The topological polar surface area (TPSA) is 70.0 Å². The van der Waals surface area contributed by atoms with E-state index >= 15 is 0 Å². The molecule has 1 aliphatic heterocycles. The summed E-state index contributed by atoms with van der Waals surface area (Å²) in [4.78, 5) is 36.3. The first-order valence-corrected chi connectivity index (χ1v) is 15.0. The lowest BCUT2D eigenvalue weighted by molar-refractivity contribution is -0.112. The summed E-state index contributed by atoms with van der Waals surface area (Å²) in [5.41, 5.74) is 6.50. The zero-order valence-corrected chi connectivity index (χ0v) is 24.1.